The molecule has 2 rings (SSSR count). The molecule has 0 aliphatic heterocycles. The fraction of sp³-hybridized carbons (Fsp3) is 0.706. The molecule has 2 N–H and O–H groups in total. The quantitative estimate of drug-likeness (QED) is 0.893. The second-order valence-corrected chi connectivity index (χ2v) is 6.25. The van der Waals surface area contributed by atoms with E-state index in [9.17, 15) is 0 Å². The van der Waals surface area contributed by atoms with Gasteiger partial charge in [0, 0.05) is 18.2 Å². The van der Waals surface area contributed by atoms with Crippen molar-refractivity contribution in [1.29, 1.82) is 0 Å². The van der Waals surface area contributed by atoms with E-state index in [4.69, 9.17) is 10.5 Å². The molecule has 1 atom stereocenters. The zero-order valence-corrected chi connectivity index (χ0v) is 13.1. The average molecular weight is 276 g/mol. The van der Waals surface area contributed by atoms with Crippen LogP contribution in [0.25, 0.3) is 0 Å². The van der Waals surface area contributed by atoms with E-state index in [-0.39, 0.29) is 6.04 Å². The van der Waals surface area contributed by atoms with E-state index in [2.05, 4.69) is 18.0 Å². The normalized spacial score (nSPS) is 24.4. The molecule has 3 nitrogen and oxygen atoms in total. The fourth-order valence-corrected chi connectivity index (χ4v) is 2.99. The lowest BCUT2D eigenvalue weighted by Crippen LogP contribution is -2.25. The molecule has 1 fully saturated rings. The Morgan fingerprint density at radius 3 is 2.60 bits per heavy atom. The number of ether oxygens (including phenoxy) is 1. The van der Waals surface area contributed by atoms with E-state index in [1.165, 1.54) is 32.1 Å². The maximum Gasteiger partial charge on any atom is 0.141 e. The highest BCUT2D eigenvalue weighted by molar-refractivity contribution is 5.30. The summed E-state index contributed by atoms with van der Waals surface area (Å²) in [6.45, 7) is 6.32. The summed E-state index contributed by atoms with van der Waals surface area (Å²) in [5, 5.41) is 0. The van der Waals surface area contributed by atoms with E-state index >= 15 is 0 Å². The molecule has 112 valence electrons. The Morgan fingerprint density at radius 1 is 1.30 bits per heavy atom. The molecule has 1 saturated carbocycles. The first kappa shape index (κ1) is 15.3. The molecule has 0 spiro atoms. The maximum atomic E-state index is 6.22. The summed E-state index contributed by atoms with van der Waals surface area (Å²) >= 11 is 0. The predicted octanol–water partition coefficient (Wildman–Crippen LogP) is 3.63. The monoisotopic (exact) mass is 276 g/mol. The zero-order valence-electron chi connectivity index (χ0n) is 13.1. The molecule has 20 heavy (non-hydrogen) atoms. The molecule has 0 radical (unpaired) electrons. The van der Waals surface area contributed by atoms with Crippen LogP contribution in [0, 0.1) is 12.8 Å². The molecule has 0 amide bonds. The number of nitrogens with zero attached hydrogens (tertiary/aromatic N) is 1. The van der Waals surface area contributed by atoms with Gasteiger partial charge < -0.3 is 10.5 Å². The molecule has 3 heteroatoms. The van der Waals surface area contributed by atoms with Crippen molar-refractivity contribution < 1.29 is 4.74 Å². The Kier molecular flexibility index (Phi) is 5.41. The van der Waals surface area contributed by atoms with Crippen molar-refractivity contribution in [1.82, 2.24) is 4.98 Å². The molecule has 1 unspecified atom stereocenters. The van der Waals surface area contributed by atoms with Gasteiger partial charge in [-0.3, -0.25) is 4.98 Å². The number of nitrogens with two attached hydrogens (primary N) is 1. The Bertz CT molecular complexity index is 423. The number of pyridine rings is 1. The highest BCUT2D eigenvalue weighted by Gasteiger charge is 2.22. The van der Waals surface area contributed by atoms with E-state index in [1.54, 1.807) is 0 Å². The topological polar surface area (TPSA) is 48.1 Å². The summed E-state index contributed by atoms with van der Waals surface area (Å²) in [7, 11) is 0. The van der Waals surface area contributed by atoms with E-state index in [0.29, 0.717) is 6.10 Å². The average Bonchev–Trinajstić information content (AvgIpc) is 2.42. The Labute approximate surface area is 122 Å². The highest BCUT2D eigenvalue weighted by Crippen LogP contribution is 2.30. The minimum Gasteiger partial charge on any atom is -0.489 e. The highest BCUT2D eigenvalue weighted by atomic mass is 16.5. The van der Waals surface area contributed by atoms with Crippen molar-refractivity contribution in [2.75, 3.05) is 0 Å². The third kappa shape index (κ3) is 4.20. The fourth-order valence-electron chi connectivity index (χ4n) is 2.99. The van der Waals surface area contributed by atoms with Gasteiger partial charge in [-0.1, -0.05) is 13.3 Å². The number of aryl methyl sites for hydroxylation is 1. The summed E-state index contributed by atoms with van der Waals surface area (Å²) in [4.78, 5) is 4.60. The van der Waals surface area contributed by atoms with Gasteiger partial charge in [0.1, 0.15) is 5.75 Å². The summed E-state index contributed by atoms with van der Waals surface area (Å²) in [6, 6.07) is 4.20. The van der Waals surface area contributed by atoms with Crippen LogP contribution in [-0.2, 0) is 6.42 Å². The molecule has 1 aliphatic rings. The van der Waals surface area contributed by atoms with Crippen molar-refractivity contribution in [3.05, 3.63) is 23.5 Å². The minimum absolute atomic E-state index is 0.113. The Hall–Kier alpha value is -1.09. The molecule has 1 aromatic heterocycles. The van der Waals surface area contributed by atoms with Crippen molar-refractivity contribution >= 4 is 0 Å². The predicted molar refractivity (Wildman–Crippen MR) is 83.0 cm³/mol. The first-order valence-electron chi connectivity index (χ1n) is 7.97. The first-order valence-corrected chi connectivity index (χ1v) is 7.97. The summed E-state index contributed by atoms with van der Waals surface area (Å²) in [5.74, 6) is 1.84. The third-order valence-corrected chi connectivity index (χ3v) is 4.25. The van der Waals surface area contributed by atoms with Gasteiger partial charge >= 0.3 is 0 Å². The van der Waals surface area contributed by atoms with Gasteiger partial charge in [0.05, 0.1) is 11.8 Å². The smallest absolute Gasteiger partial charge is 0.141 e. The summed E-state index contributed by atoms with van der Waals surface area (Å²) in [6.07, 6.45) is 7.37. The lowest BCUT2D eigenvalue weighted by molar-refractivity contribution is 0.128. The van der Waals surface area contributed by atoms with Crippen molar-refractivity contribution in [2.24, 2.45) is 11.7 Å². The van der Waals surface area contributed by atoms with Crippen LogP contribution in [0.15, 0.2) is 12.1 Å². The van der Waals surface area contributed by atoms with Crippen molar-refractivity contribution in [3.63, 3.8) is 0 Å². The van der Waals surface area contributed by atoms with Crippen LogP contribution in [0.1, 0.15) is 57.3 Å². The summed E-state index contributed by atoms with van der Waals surface area (Å²) < 4.78 is 6.22. The largest absolute Gasteiger partial charge is 0.489 e. The van der Waals surface area contributed by atoms with Gasteiger partial charge in [-0.2, -0.15) is 0 Å². The van der Waals surface area contributed by atoms with Gasteiger partial charge in [-0.25, -0.2) is 0 Å². The number of hydrogen-bond acceptors (Lipinski definition) is 3. The molecular formula is C17H28N2O. The zero-order chi connectivity index (χ0) is 14.5. The maximum absolute atomic E-state index is 6.22. The number of hydrogen-bond donors (Lipinski definition) is 1. The van der Waals surface area contributed by atoms with Crippen molar-refractivity contribution in [3.8, 4) is 5.75 Å². The second-order valence-electron chi connectivity index (χ2n) is 6.25. The second kappa shape index (κ2) is 7.07. The standard InChI is InChI=1S/C17H28N2O/c1-4-14-6-8-15(9-7-14)20-17-10-5-13(3)19-16(17)11-12(2)18/h5,10,12,14-15H,4,6-9,11,18H2,1-3H3. The van der Waals surface area contributed by atoms with Crippen LogP contribution < -0.4 is 10.5 Å². The van der Waals surface area contributed by atoms with Crippen molar-refractivity contribution in [2.45, 2.75) is 71.4 Å². The molecule has 0 aromatic carbocycles. The van der Waals surface area contributed by atoms with Gasteiger partial charge in [-0.05, 0) is 57.6 Å². The van der Waals surface area contributed by atoms with Crippen LogP contribution in [0.4, 0.5) is 0 Å². The Balaban J connectivity index is 2.01. The lowest BCUT2D eigenvalue weighted by Gasteiger charge is -2.29. The minimum atomic E-state index is 0.113. The SMILES string of the molecule is CCC1CCC(Oc2ccc(C)nc2CC(C)N)CC1. The van der Waals surface area contributed by atoms with Crippen LogP contribution in [0.3, 0.4) is 0 Å². The van der Waals surface area contributed by atoms with Gasteiger partial charge in [-0.15, -0.1) is 0 Å². The van der Waals surface area contributed by atoms with E-state index in [1.807, 2.05) is 19.9 Å². The molecular weight excluding hydrogens is 248 g/mol. The molecule has 1 heterocycles. The van der Waals surface area contributed by atoms with Gasteiger partial charge in [0.25, 0.3) is 0 Å². The lowest BCUT2D eigenvalue weighted by atomic mass is 9.86. The first-order chi connectivity index (χ1) is 9.58. The third-order valence-electron chi connectivity index (χ3n) is 4.25. The van der Waals surface area contributed by atoms with Crippen LogP contribution >= 0.6 is 0 Å². The van der Waals surface area contributed by atoms with Crippen LogP contribution in [0.2, 0.25) is 0 Å². The number of rotatable bonds is 5. The van der Waals surface area contributed by atoms with Gasteiger partial charge in [0.2, 0.25) is 0 Å². The Morgan fingerprint density at radius 2 is 2.00 bits per heavy atom. The molecule has 0 bridgehead atoms. The molecule has 1 aromatic rings. The van der Waals surface area contributed by atoms with E-state index < -0.39 is 0 Å². The summed E-state index contributed by atoms with van der Waals surface area (Å²) in [5.41, 5.74) is 7.96. The van der Waals surface area contributed by atoms with Gasteiger partial charge in [0.15, 0.2) is 0 Å². The molecule has 0 saturated heterocycles. The van der Waals surface area contributed by atoms with Crippen LogP contribution in [0.5, 0.6) is 5.75 Å². The van der Waals surface area contributed by atoms with Crippen LogP contribution in [-0.4, -0.2) is 17.1 Å². The van der Waals surface area contributed by atoms with E-state index in [0.717, 1.165) is 29.5 Å². The molecule has 1 aliphatic carbocycles. The number of aromatic nitrogens is 1.